The molecule has 1 amide bonds. The zero-order valence-corrected chi connectivity index (χ0v) is 15.6. The summed E-state index contributed by atoms with van der Waals surface area (Å²) in [4.78, 5) is 31.5. The number of nitrogens with zero attached hydrogens (tertiary/aromatic N) is 1. The summed E-state index contributed by atoms with van der Waals surface area (Å²) in [5.74, 6) is -0.640. The molecule has 0 fully saturated rings. The van der Waals surface area contributed by atoms with Gasteiger partial charge in [0.25, 0.3) is 0 Å². The van der Waals surface area contributed by atoms with Gasteiger partial charge >= 0.3 is 0 Å². The number of thioether (sulfide) groups is 1. The topological polar surface area (TPSA) is 74.8 Å². The summed E-state index contributed by atoms with van der Waals surface area (Å²) >= 11 is 1.27. The number of amides is 1. The molecule has 2 aromatic carbocycles. The number of para-hydroxylation sites is 1. The van der Waals surface area contributed by atoms with Crippen molar-refractivity contribution in [3.63, 3.8) is 0 Å². The van der Waals surface area contributed by atoms with Crippen molar-refractivity contribution in [1.82, 2.24) is 9.97 Å². The van der Waals surface area contributed by atoms with Crippen LogP contribution in [0.4, 0.5) is 10.1 Å². The average Bonchev–Trinajstić information content (AvgIpc) is 3.11. The van der Waals surface area contributed by atoms with Gasteiger partial charge in [-0.2, -0.15) is 0 Å². The molecule has 7 heteroatoms. The first-order chi connectivity index (χ1) is 12.9. The number of hydrogen-bond acceptors (Lipinski definition) is 4. The summed E-state index contributed by atoms with van der Waals surface area (Å²) in [6.07, 6.45) is 1.64. The first kappa shape index (κ1) is 18.8. The lowest BCUT2D eigenvalue weighted by Crippen LogP contribution is -2.23. The molecule has 0 bridgehead atoms. The number of H-pyrrole nitrogens is 1. The van der Waals surface area contributed by atoms with E-state index in [9.17, 15) is 14.0 Å². The zero-order valence-electron chi connectivity index (χ0n) is 14.8. The van der Waals surface area contributed by atoms with Gasteiger partial charge in [-0.05, 0) is 55.8 Å². The highest BCUT2D eigenvalue weighted by molar-refractivity contribution is 8.00. The highest BCUT2D eigenvalue weighted by atomic mass is 32.2. The number of anilines is 1. The van der Waals surface area contributed by atoms with Crippen LogP contribution in [0.25, 0.3) is 11.3 Å². The first-order valence-electron chi connectivity index (χ1n) is 8.32. The van der Waals surface area contributed by atoms with Crippen LogP contribution in [0.15, 0.2) is 59.9 Å². The van der Waals surface area contributed by atoms with Crippen molar-refractivity contribution < 1.29 is 14.0 Å². The monoisotopic (exact) mass is 383 g/mol. The molecule has 0 aliphatic carbocycles. The molecule has 0 spiro atoms. The normalized spacial score (nSPS) is 11.8. The Morgan fingerprint density at radius 3 is 2.56 bits per heavy atom. The molecule has 3 rings (SSSR count). The van der Waals surface area contributed by atoms with Gasteiger partial charge in [0, 0.05) is 5.56 Å². The summed E-state index contributed by atoms with van der Waals surface area (Å²) in [5, 5.41) is 2.94. The highest BCUT2D eigenvalue weighted by Crippen LogP contribution is 2.26. The lowest BCUT2D eigenvalue weighted by Gasteiger charge is -2.12. The van der Waals surface area contributed by atoms with Gasteiger partial charge in [0.05, 0.1) is 22.8 Å². The molecule has 27 heavy (non-hydrogen) atoms. The van der Waals surface area contributed by atoms with Gasteiger partial charge in [0.2, 0.25) is 5.91 Å². The van der Waals surface area contributed by atoms with Crippen molar-refractivity contribution in [2.24, 2.45) is 0 Å². The number of halogens is 1. The van der Waals surface area contributed by atoms with Crippen molar-refractivity contribution in [2.45, 2.75) is 24.3 Å². The molecule has 2 N–H and O–H groups in total. The third kappa shape index (κ3) is 4.62. The van der Waals surface area contributed by atoms with E-state index in [1.165, 1.54) is 30.8 Å². The van der Waals surface area contributed by atoms with Crippen LogP contribution in [-0.2, 0) is 4.79 Å². The maximum Gasteiger partial charge on any atom is 0.237 e. The van der Waals surface area contributed by atoms with Crippen LogP contribution in [-0.4, -0.2) is 26.9 Å². The first-order valence-corrected chi connectivity index (χ1v) is 9.20. The van der Waals surface area contributed by atoms with E-state index in [0.717, 1.165) is 11.3 Å². The summed E-state index contributed by atoms with van der Waals surface area (Å²) in [6.45, 7) is 3.22. The third-order valence-electron chi connectivity index (χ3n) is 3.93. The maximum absolute atomic E-state index is 13.0. The van der Waals surface area contributed by atoms with Crippen molar-refractivity contribution in [3.8, 4) is 11.3 Å². The quantitative estimate of drug-likeness (QED) is 0.484. The fourth-order valence-corrected chi connectivity index (χ4v) is 3.28. The molecule has 0 aliphatic heterocycles. The van der Waals surface area contributed by atoms with Gasteiger partial charge in [-0.15, -0.1) is 0 Å². The van der Waals surface area contributed by atoms with Gasteiger partial charge in [-0.25, -0.2) is 9.37 Å². The Balaban J connectivity index is 1.67. The van der Waals surface area contributed by atoms with Crippen molar-refractivity contribution in [2.75, 3.05) is 5.32 Å². The number of aromatic amines is 1. The maximum atomic E-state index is 13.0. The predicted octanol–water partition coefficient (Wildman–Crippen LogP) is 4.54. The van der Waals surface area contributed by atoms with Crippen molar-refractivity contribution in [1.29, 1.82) is 0 Å². The number of benzene rings is 2. The standard InChI is InChI=1S/C20H18FN3O2S/c1-12(25)16-5-3-4-6-17(16)23-19(26)13(2)27-20-22-11-18(24-20)14-7-9-15(21)10-8-14/h3-11,13H,1-2H3,(H,22,24)(H,23,26). The van der Waals surface area contributed by atoms with Crippen LogP contribution >= 0.6 is 11.8 Å². The molecule has 0 saturated carbocycles. The average molecular weight is 383 g/mol. The molecule has 1 atom stereocenters. The molecule has 1 heterocycles. The number of carbonyl (C=O) groups excluding carboxylic acids is 2. The second-order valence-corrected chi connectivity index (χ2v) is 7.29. The lowest BCUT2D eigenvalue weighted by molar-refractivity contribution is -0.115. The fourth-order valence-electron chi connectivity index (χ4n) is 2.49. The number of rotatable bonds is 6. The molecule has 3 aromatic rings. The second-order valence-electron chi connectivity index (χ2n) is 5.96. The number of aromatic nitrogens is 2. The van der Waals surface area contributed by atoms with Crippen LogP contribution in [0.3, 0.4) is 0 Å². The number of ketones is 1. The highest BCUT2D eigenvalue weighted by Gasteiger charge is 2.18. The third-order valence-corrected chi connectivity index (χ3v) is 4.93. The van der Waals surface area contributed by atoms with Crippen molar-refractivity contribution >= 4 is 29.1 Å². The fraction of sp³-hybridized carbons (Fsp3) is 0.150. The lowest BCUT2D eigenvalue weighted by atomic mass is 10.1. The Morgan fingerprint density at radius 2 is 1.85 bits per heavy atom. The molecular weight excluding hydrogens is 365 g/mol. The second kappa shape index (κ2) is 8.18. The van der Waals surface area contributed by atoms with E-state index in [0.29, 0.717) is 16.4 Å². The Labute approximate surface area is 160 Å². The van der Waals surface area contributed by atoms with Crippen LogP contribution in [0, 0.1) is 5.82 Å². The number of carbonyl (C=O) groups is 2. The molecular formula is C20H18FN3O2S. The SMILES string of the molecule is CC(=O)c1ccccc1NC(=O)C(C)Sc1ncc(-c2ccc(F)cc2)[nH]1. The van der Waals surface area contributed by atoms with Gasteiger partial charge < -0.3 is 10.3 Å². The van der Waals surface area contributed by atoms with E-state index in [1.54, 1.807) is 49.5 Å². The summed E-state index contributed by atoms with van der Waals surface area (Å²) in [6, 6.07) is 13.0. The van der Waals surface area contributed by atoms with E-state index in [-0.39, 0.29) is 17.5 Å². The summed E-state index contributed by atoms with van der Waals surface area (Å²) < 4.78 is 13.0. The van der Waals surface area contributed by atoms with Crippen molar-refractivity contribution in [3.05, 3.63) is 66.1 Å². The van der Waals surface area contributed by atoms with Gasteiger partial charge in [-0.3, -0.25) is 9.59 Å². The van der Waals surface area contributed by atoms with Crippen LogP contribution < -0.4 is 5.32 Å². The zero-order chi connectivity index (χ0) is 19.4. The van der Waals surface area contributed by atoms with Gasteiger partial charge in [0.1, 0.15) is 5.82 Å². The van der Waals surface area contributed by atoms with Crippen LogP contribution in [0.1, 0.15) is 24.2 Å². The van der Waals surface area contributed by atoms with E-state index in [4.69, 9.17) is 0 Å². The van der Waals surface area contributed by atoms with Crippen LogP contribution in [0.2, 0.25) is 0 Å². The molecule has 1 unspecified atom stereocenters. The smallest absolute Gasteiger partial charge is 0.237 e. The van der Waals surface area contributed by atoms with E-state index < -0.39 is 5.25 Å². The molecule has 138 valence electrons. The number of Topliss-reactive ketones (excluding diaryl/α,β-unsaturated/α-hetero) is 1. The van der Waals surface area contributed by atoms with Gasteiger partial charge in [0.15, 0.2) is 10.9 Å². The minimum atomic E-state index is -0.433. The Kier molecular flexibility index (Phi) is 5.71. The molecule has 0 radical (unpaired) electrons. The molecule has 0 aliphatic rings. The molecule has 5 nitrogen and oxygen atoms in total. The Bertz CT molecular complexity index is 969. The minimum Gasteiger partial charge on any atom is -0.333 e. The largest absolute Gasteiger partial charge is 0.333 e. The Morgan fingerprint density at radius 1 is 1.15 bits per heavy atom. The van der Waals surface area contributed by atoms with E-state index in [2.05, 4.69) is 15.3 Å². The molecule has 0 saturated heterocycles. The predicted molar refractivity (Wildman–Crippen MR) is 104 cm³/mol. The minimum absolute atomic E-state index is 0.110. The summed E-state index contributed by atoms with van der Waals surface area (Å²) in [5.41, 5.74) is 2.52. The van der Waals surface area contributed by atoms with E-state index in [1.807, 2.05) is 0 Å². The number of nitrogens with one attached hydrogen (secondary N) is 2. The number of imidazole rings is 1. The summed E-state index contributed by atoms with van der Waals surface area (Å²) in [7, 11) is 0. The van der Waals surface area contributed by atoms with Crippen LogP contribution in [0.5, 0.6) is 0 Å². The number of hydrogen-bond donors (Lipinski definition) is 2. The Hall–Kier alpha value is -2.93. The van der Waals surface area contributed by atoms with Gasteiger partial charge in [-0.1, -0.05) is 23.9 Å². The molecule has 1 aromatic heterocycles. The van der Waals surface area contributed by atoms with E-state index >= 15 is 0 Å².